The van der Waals surface area contributed by atoms with Gasteiger partial charge in [0.15, 0.2) is 0 Å². The van der Waals surface area contributed by atoms with Gasteiger partial charge in [0.05, 0.1) is 17.9 Å². The number of fused-ring (bicyclic) bond motifs is 1. The predicted molar refractivity (Wildman–Crippen MR) is 158 cm³/mol. The summed E-state index contributed by atoms with van der Waals surface area (Å²) in [6.45, 7) is 0. The van der Waals surface area contributed by atoms with E-state index in [1.165, 1.54) is 6.42 Å². The van der Waals surface area contributed by atoms with E-state index in [0.29, 0.717) is 11.4 Å². The van der Waals surface area contributed by atoms with Crippen LogP contribution in [0.25, 0.3) is 0 Å². The number of carbonyl (C=O) groups is 3. The molecule has 2 aromatic carbocycles. The van der Waals surface area contributed by atoms with Gasteiger partial charge in [0, 0.05) is 17.8 Å². The molecule has 42 heavy (non-hydrogen) atoms. The monoisotopic (exact) mass is 569 g/mol. The lowest BCUT2D eigenvalue weighted by Crippen LogP contribution is -2.58. The van der Waals surface area contributed by atoms with E-state index >= 15 is 0 Å². The first kappa shape index (κ1) is 27.2. The first-order chi connectivity index (χ1) is 20.5. The van der Waals surface area contributed by atoms with E-state index < -0.39 is 29.6 Å². The van der Waals surface area contributed by atoms with Crippen LogP contribution in [-0.4, -0.2) is 52.5 Å². The zero-order valence-electron chi connectivity index (χ0n) is 23.9. The summed E-state index contributed by atoms with van der Waals surface area (Å²) in [5.41, 5.74) is -0.504. The molecule has 1 spiro atoms. The van der Waals surface area contributed by atoms with Crippen LogP contribution in [0.15, 0.2) is 66.7 Å². The lowest BCUT2D eigenvalue weighted by Gasteiger charge is -2.39. The maximum atomic E-state index is 14.3. The molecule has 3 amide bonds. The van der Waals surface area contributed by atoms with Crippen LogP contribution in [0.5, 0.6) is 11.5 Å². The van der Waals surface area contributed by atoms with Crippen molar-refractivity contribution in [2.75, 3.05) is 5.32 Å². The molecular weight excluding hydrogens is 530 g/mol. The number of likely N-dealkylation sites (tertiary alicyclic amines) is 1. The van der Waals surface area contributed by atoms with Crippen molar-refractivity contribution < 1.29 is 23.9 Å². The Bertz CT molecular complexity index is 1350. The summed E-state index contributed by atoms with van der Waals surface area (Å²) in [5.74, 6) is -0.565. The highest BCUT2D eigenvalue weighted by Gasteiger charge is 2.73. The minimum atomic E-state index is -1.12. The van der Waals surface area contributed by atoms with E-state index in [1.807, 2.05) is 47.4 Å². The van der Waals surface area contributed by atoms with E-state index in [2.05, 4.69) is 10.6 Å². The summed E-state index contributed by atoms with van der Waals surface area (Å²) in [6.07, 6.45) is 13.6. The van der Waals surface area contributed by atoms with Crippen LogP contribution in [0.2, 0.25) is 0 Å². The highest BCUT2D eigenvalue weighted by atomic mass is 16.5. The Morgan fingerprint density at radius 2 is 1.50 bits per heavy atom. The minimum absolute atomic E-state index is 0.00903. The molecule has 3 heterocycles. The summed E-state index contributed by atoms with van der Waals surface area (Å²) in [6, 6.07) is 16.1. The molecule has 5 aliphatic rings. The smallest absolute Gasteiger partial charge is 0.246 e. The Labute approximate surface area is 246 Å². The van der Waals surface area contributed by atoms with Gasteiger partial charge in [-0.15, -0.1) is 0 Å². The standard InChI is InChI=1S/C34H39N3O5/c38-31(35-23-16-18-26(19-17-23)41-25-14-8-3-9-15-25)28-27-20-21-34(42-27)29(28)33(40)37(24-12-6-2-7-13-24)30(34)32(39)36-22-10-4-1-5-11-22/h3,8-9,14-22,24,27-30H,1-2,4-7,10-13H2,(H,35,38)(H,36,39)/t27-,28-,29-,30-,34-/m1/s1. The first-order valence-corrected chi connectivity index (χ1v) is 15.7. The molecule has 2 bridgehead atoms. The molecule has 2 saturated carbocycles. The molecule has 8 nitrogen and oxygen atoms in total. The average Bonchev–Trinajstić information content (AvgIpc) is 3.67. The van der Waals surface area contributed by atoms with Gasteiger partial charge in [-0.1, -0.05) is 68.9 Å². The quantitative estimate of drug-likeness (QED) is 0.439. The van der Waals surface area contributed by atoms with Crippen LogP contribution in [0.1, 0.15) is 64.2 Å². The number of hydrogen-bond donors (Lipinski definition) is 2. The third kappa shape index (κ3) is 4.79. The molecule has 2 saturated heterocycles. The molecule has 0 radical (unpaired) electrons. The molecule has 4 fully saturated rings. The maximum absolute atomic E-state index is 14.3. The number of carbonyl (C=O) groups excluding carboxylic acids is 3. The number of anilines is 1. The Morgan fingerprint density at radius 3 is 2.21 bits per heavy atom. The lowest BCUT2D eigenvalue weighted by atomic mass is 9.74. The molecule has 220 valence electrons. The second kappa shape index (κ2) is 11.2. The topological polar surface area (TPSA) is 97.0 Å². The van der Waals surface area contributed by atoms with Gasteiger partial charge < -0.3 is 25.0 Å². The molecular formula is C34H39N3O5. The van der Waals surface area contributed by atoms with Crippen LogP contribution in [-0.2, 0) is 19.1 Å². The average molecular weight is 570 g/mol. The number of para-hydroxylation sites is 1. The largest absolute Gasteiger partial charge is 0.457 e. The number of rotatable bonds is 7. The van der Waals surface area contributed by atoms with Gasteiger partial charge >= 0.3 is 0 Å². The number of nitrogens with zero attached hydrogens (tertiary/aromatic N) is 1. The van der Waals surface area contributed by atoms with Gasteiger partial charge in [-0.25, -0.2) is 0 Å². The van der Waals surface area contributed by atoms with E-state index in [0.717, 1.165) is 63.5 Å². The molecule has 7 rings (SSSR count). The van der Waals surface area contributed by atoms with Gasteiger partial charge in [0.25, 0.3) is 0 Å². The number of nitrogens with one attached hydrogen (secondary N) is 2. The second-order valence-electron chi connectivity index (χ2n) is 12.5. The molecule has 0 unspecified atom stereocenters. The van der Waals surface area contributed by atoms with Gasteiger partial charge in [-0.05, 0) is 62.1 Å². The highest BCUT2D eigenvalue weighted by molar-refractivity contribution is 6.03. The van der Waals surface area contributed by atoms with Crippen LogP contribution < -0.4 is 15.4 Å². The molecule has 3 aliphatic heterocycles. The van der Waals surface area contributed by atoms with Crippen LogP contribution >= 0.6 is 0 Å². The summed E-state index contributed by atoms with van der Waals surface area (Å²) in [4.78, 5) is 44.0. The summed E-state index contributed by atoms with van der Waals surface area (Å²) in [5, 5.41) is 6.30. The van der Waals surface area contributed by atoms with E-state index in [4.69, 9.17) is 9.47 Å². The number of ether oxygens (including phenoxy) is 2. The van der Waals surface area contributed by atoms with Gasteiger partial charge in [-0.2, -0.15) is 0 Å². The Kier molecular flexibility index (Phi) is 7.26. The van der Waals surface area contributed by atoms with Crippen molar-refractivity contribution in [1.82, 2.24) is 10.2 Å². The predicted octanol–water partition coefficient (Wildman–Crippen LogP) is 5.35. The van der Waals surface area contributed by atoms with Gasteiger partial charge in [-0.3, -0.25) is 14.4 Å². The van der Waals surface area contributed by atoms with Crippen molar-refractivity contribution >= 4 is 23.4 Å². The van der Waals surface area contributed by atoms with Gasteiger partial charge in [0.1, 0.15) is 23.1 Å². The first-order valence-electron chi connectivity index (χ1n) is 15.7. The number of amides is 3. The van der Waals surface area contributed by atoms with E-state index in [1.54, 1.807) is 24.3 Å². The lowest BCUT2D eigenvalue weighted by molar-refractivity contribution is -0.144. The molecule has 5 atom stereocenters. The SMILES string of the molecule is O=C(Nc1ccc(Oc2ccccc2)cc1)[C@@H]1[C@H]2C=C[C@@]3(O2)[C@H]1C(=O)N(C1CCCCC1)[C@@H]3C(=O)NC1CCCCC1. The van der Waals surface area contributed by atoms with Crippen molar-refractivity contribution in [3.8, 4) is 11.5 Å². The fourth-order valence-corrected chi connectivity index (χ4v) is 7.94. The van der Waals surface area contributed by atoms with E-state index in [9.17, 15) is 14.4 Å². The molecule has 2 N–H and O–H groups in total. The second-order valence-corrected chi connectivity index (χ2v) is 12.5. The number of hydrogen-bond acceptors (Lipinski definition) is 5. The van der Waals surface area contributed by atoms with Crippen molar-refractivity contribution in [2.45, 2.75) is 94.0 Å². The normalized spacial score (nSPS) is 30.8. The number of benzene rings is 2. The van der Waals surface area contributed by atoms with Crippen LogP contribution in [0.3, 0.4) is 0 Å². The Balaban J connectivity index is 1.12. The summed E-state index contributed by atoms with van der Waals surface area (Å²) >= 11 is 0. The summed E-state index contributed by atoms with van der Waals surface area (Å²) in [7, 11) is 0. The maximum Gasteiger partial charge on any atom is 0.246 e. The molecule has 2 aromatic rings. The van der Waals surface area contributed by atoms with Crippen molar-refractivity contribution in [3.05, 3.63) is 66.7 Å². The molecule has 2 aliphatic carbocycles. The third-order valence-electron chi connectivity index (χ3n) is 9.88. The third-order valence-corrected chi connectivity index (χ3v) is 9.88. The fourth-order valence-electron chi connectivity index (χ4n) is 7.94. The molecule has 0 aromatic heterocycles. The minimum Gasteiger partial charge on any atom is -0.457 e. The van der Waals surface area contributed by atoms with Crippen LogP contribution in [0.4, 0.5) is 5.69 Å². The van der Waals surface area contributed by atoms with Gasteiger partial charge in [0.2, 0.25) is 17.7 Å². The van der Waals surface area contributed by atoms with E-state index in [-0.39, 0.29) is 29.8 Å². The van der Waals surface area contributed by atoms with Crippen molar-refractivity contribution in [2.24, 2.45) is 11.8 Å². The molecule has 8 heteroatoms. The highest BCUT2D eigenvalue weighted by Crippen LogP contribution is 2.56. The fraction of sp³-hybridized carbons (Fsp3) is 0.500. The Hall–Kier alpha value is -3.65. The van der Waals surface area contributed by atoms with Crippen molar-refractivity contribution in [3.63, 3.8) is 0 Å². The Morgan fingerprint density at radius 1 is 0.833 bits per heavy atom. The summed E-state index contributed by atoms with van der Waals surface area (Å²) < 4.78 is 12.4. The zero-order valence-corrected chi connectivity index (χ0v) is 23.9. The zero-order chi connectivity index (χ0) is 28.7. The van der Waals surface area contributed by atoms with Crippen molar-refractivity contribution in [1.29, 1.82) is 0 Å². The van der Waals surface area contributed by atoms with Crippen LogP contribution in [0, 0.1) is 11.8 Å².